The van der Waals surface area contributed by atoms with Crippen LogP contribution in [0.4, 0.5) is 0 Å². The van der Waals surface area contributed by atoms with Crippen molar-refractivity contribution in [3.05, 3.63) is 63.7 Å². The van der Waals surface area contributed by atoms with Crippen LogP contribution in [0.2, 0.25) is 0 Å². The van der Waals surface area contributed by atoms with Crippen LogP contribution in [-0.4, -0.2) is 209 Å². The minimum Gasteiger partial charge on any atom is -0.507 e. The highest BCUT2D eigenvalue weighted by Crippen LogP contribution is 2.51. The Morgan fingerprint density at radius 3 is 2.22 bits per heavy atom. The predicted molar refractivity (Wildman–Crippen MR) is 250 cm³/mol. The number of fused-ring (bicyclic) bond motifs is 6. The average Bonchev–Trinajstić information content (AvgIpc) is 3.77. The Kier molecular flexibility index (Phi) is 20.6. The molecule has 3 saturated heterocycles. The fourth-order valence-electron chi connectivity index (χ4n) is 9.28. The molecule has 0 bridgehead atoms. The van der Waals surface area contributed by atoms with Crippen LogP contribution in [0.25, 0.3) is 0 Å². The Hall–Kier alpha value is -5.44. The van der Waals surface area contributed by atoms with E-state index in [9.17, 15) is 49.2 Å². The van der Waals surface area contributed by atoms with Gasteiger partial charge in [-0.2, -0.15) is 0 Å². The number of rotatable bonds is 23. The largest absolute Gasteiger partial charge is 0.507 e. The standard InChI is InChI=1S/C38H47N3O15.C11H19NO4/c1-3-5-28(45)41(22-42)11-13-54-15-17-56-19-18-55-16-14-53-12-8-27(44)39-9-10-40-37(50)38(51)20-24-29(25(43)21-38)35(48)32-31(34(24)47)33(46)23-6-4-7-26(52-2)30(23)36(32)49;1-7-9-8(3-5-14-7)12-4-6-15-11(13-2)10(12)16-9/h3-7,22,25,43,47-48,51H,8-21H2,1-2H3,(H,39,44)(H,40,50);7-11H,3-6H2,1-2H3/b5-3-;/t;7?,8?,9?,10-,11?/m.1/s1. The summed E-state index contributed by atoms with van der Waals surface area (Å²) in [6.07, 6.45) is 1.50. The molecule has 23 heteroatoms. The molecule has 0 saturated carbocycles. The molecular weight excluding hydrogens is 949 g/mol. The fourth-order valence-corrected chi connectivity index (χ4v) is 9.28. The second-order valence-corrected chi connectivity index (χ2v) is 17.4. The Bertz CT molecular complexity index is 2280. The van der Waals surface area contributed by atoms with Crippen LogP contribution in [-0.2, 0) is 63.5 Å². The van der Waals surface area contributed by atoms with Crippen LogP contribution in [0.5, 0.6) is 17.2 Å². The topological polar surface area (TPSA) is 297 Å². The SMILES string of the molecule is C/C=C\C(=O)N(C=O)CCOCCOCCOCCOCCC(=O)NCCNC(=O)C1(O)Cc2c(O)c3c(c(O)c2C(O)C1)C(=O)c1c(OC)cccc1C3=O.COC1OCCN2C3CCOC(C)C3O[C@H]12. The second kappa shape index (κ2) is 26.5. The molecule has 3 heterocycles. The van der Waals surface area contributed by atoms with Gasteiger partial charge in [-0.15, -0.1) is 0 Å². The number of hydrogen-bond donors (Lipinski definition) is 6. The number of morpholine rings is 1. The van der Waals surface area contributed by atoms with Crippen LogP contribution < -0.4 is 15.4 Å². The number of nitrogens with one attached hydrogen (secondary N) is 2. The first kappa shape index (κ1) is 55.9. The van der Waals surface area contributed by atoms with E-state index in [-0.39, 0.29) is 118 Å². The van der Waals surface area contributed by atoms with E-state index in [1.165, 1.54) is 31.4 Å². The van der Waals surface area contributed by atoms with Crippen molar-refractivity contribution in [1.82, 2.24) is 20.4 Å². The average molecular weight is 1020 g/mol. The number of carbonyl (C=O) groups excluding carboxylic acids is 6. The molecule has 7 atom stereocenters. The lowest BCUT2D eigenvalue weighted by atomic mass is 9.72. The summed E-state index contributed by atoms with van der Waals surface area (Å²) in [5, 5.41) is 49.7. The number of carbonyl (C=O) groups is 6. The number of phenolic OH excluding ortho intramolecular Hbond substituents is 2. The number of ketones is 2. The number of allylic oxidation sites excluding steroid dienone is 1. The lowest BCUT2D eigenvalue weighted by molar-refractivity contribution is -0.246. The molecule has 5 aliphatic rings. The second-order valence-electron chi connectivity index (χ2n) is 17.4. The van der Waals surface area contributed by atoms with Gasteiger partial charge in [0.2, 0.25) is 18.1 Å². The summed E-state index contributed by atoms with van der Waals surface area (Å²) < 4.78 is 49.3. The van der Waals surface area contributed by atoms with Gasteiger partial charge in [0, 0.05) is 75.3 Å². The van der Waals surface area contributed by atoms with E-state index in [0.717, 1.165) is 31.1 Å². The quantitative estimate of drug-likeness (QED) is 0.0316. The van der Waals surface area contributed by atoms with Crippen molar-refractivity contribution in [3.63, 3.8) is 0 Å². The Morgan fingerprint density at radius 1 is 0.889 bits per heavy atom. The highest BCUT2D eigenvalue weighted by atomic mass is 16.7. The molecule has 0 spiro atoms. The van der Waals surface area contributed by atoms with Crippen molar-refractivity contribution >= 4 is 35.7 Å². The van der Waals surface area contributed by atoms with Crippen molar-refractivity contribution in [2.45, 2.75) is 82.0 Å². The monoisotopic (exact) mass is 1010 g/mol. The highest BCUT2D eigenvalue weighted by Gasteiger charge is 2.52. The molecule has 72 heavy (non-hydrogen) atoms. The van der Waals surface area contributed by atoms with Crippen LogP contribution in [0.15, 0.2) is 30.4 Å². The molecule has 3 aliphatic heterocycles. The maximum absolute atomic E-state index is 13.5. The van der Waals surface area contributed by atoms with E-state index in [2.05, 4.69) is 22.5 Å². The van der Waals surface area contributed by atoms with Crippen molar-refractivity contribution in [2.75, 3.05) is 106 Å². The lowest BCUT2D eigenvalue weighted by Crippen LogP contribution is -2.53. The van der Waals surface area contributed by atoms with E-state index in [0.29, 0.717) is 32.3 Å². The van der Waals surface area contributed by atoms with Crippen LogP contribution in [0.1, 0.15) is 82.2 Å². The van der Waals surface area contributed by atoms with E-state index in [1.54, 1.807) is 20.1 Å². The molecule has 2 aromatic carbocycles. The van der Waals surface area contributed by atoms with Gasteiger partial charge in [-0.05, 0) is 32.4 Å². The zero-order chi connectivity index (χ0) is 52.0. The van der Waals surface area contributed by atoms with Gasteiger partial charge in [0.1, 0.15) is 29.0 Å². The number of benzene rings is 2. The summed E-state index contributed by atoms with van der Waals surface area (Å²) >= 11 is 0. The number of amides is 4. The van der Waals surface area contributed by atoms with Crippen molar-refractivity contribution < 1.29 is 91.8 Å². The van der Waals surface area contributed by atoms with Gasteiger partial charge >= 0.3 is 0 Å². The molecule has 0 aromatic heterocycles. The number of aliphatic hydroxyl groups is 2. The molecule has 2 aromatic rings. The summed E-state index contributed by atoms with van der Waals surface area (Å²) in [5.74, 6) is -4.67. The van der Waals surface area contributed by atoms with E-state index >= 15 is 0 Å². The zero-order valence-electron chi connectivity index (χ0n) is 41.0. The smallest absolute Gasteiger partial charge is 0.252 e. The normalized spacial score (nSPS) is 24.2. The van der Waals surface area contributed by atoms with E-state index in [1.807, 2.05) is 0 Å². The molecule has 4 amide bonds. The molecule has 396 valence electrons. The minimum absolute atomic E-state index is 0.000392. The van der Waals surface area contributed by atoms with Gasteiger partial charge in [-0.3, -0.25) is 38.6 Å². The number of aromatic hydroxyl groups is 2. The lowest BCUT2D eigenvalue weighted by Gasteiger charge is -2.37. The maximum atomic E-state index is 13.5. The third-order valence-corrected chi connectivity index (χ3v) is 12.8. The summed E-state index contributed by atoms with van der Waals surface area (Å²) in [6, 6.07) is 4.79. The van der Waals surface area contributed by atoms with Gasteiger partial charge in [0.15, 0.2) is 18.3 Å². The van der Waals surface area contributed by atoms with Gasteiger partial charge in [0.05, 0.1) is 102 Å². The zero-order valence-corrected chi connectivity index (χ0v) is 41.0. The first-order valence-electron chi connectivity index (χ1n) is 23.9. The minimum atomic E-state index is -2.27. The Morgan fingerprint density at radius 2 is 1.56 bits per heavy atom. The van der Waals surface area contributed by atoms with Gasteiger partial charge in [-0.25, -0.2) is 0 Å². The first-order valence-corrected chi connectivity index (χ1v) is 23.9. The number of nitrogens with zero attached hydrogens (tertiary/aromatic N) is 2. The first-order chi connectivity index (χ1) is 34.7. The summed E-state index contributed by atoms with van der Waals surface area (Å²) in [4.78, 5) is 78.2. The molecule has 6 N–H and O–H groups in total. The number of methoxy groups -OCH3 is 2. The molecule has 2 aliphatic carbocycles. The number of aliphatic hydroxyl groups excluding tert-OH is 1. The molecule has 23 nitrogen and oxygen atoms in total. The number of phenols is 2. The van der Waals surface area contributed by atoms with Crippen molar-refractivity contribution in [2.24, 2.45) is 0 Å². The molecular formula is C49H66N4O19. The van der Waals surface area contributed by atoms with Crippen LogP contribution in [0, 0.1) is 0 Å². The van der Waals surface area contributed by atoms with E-state index < -0.39 is 70.6 Å². The maximum Gasteiger partial charge on any atom is 0.252 e. The van der Waals surface area contributed by atoms with Gasteiger partial charge in [-0.1, -0.05) is 18.2 Å². The van der Waals surface area contributed by atoms with Crippen LogP contribution in [0.3, 0.4) is 0 Å². The third kappa shape index (κ3) is 13.0. The Labute approximate surface area is 416 Å². The van der Waals surface area contributed by atoms with Crippen molar-refractivity contribution in [3.8, 4) is 17.2 Å². The third-order valence-electron chi connectivity index (χ3n) is 12.8. The van der Waals surface area contributed by atoms with Crippen molar-refractivity contribution in [1.29, 1.82) is 0 Å². The summed E-state index contributed by atoms with van der Waals surface area (Å²) in [5.41, 5.74) is -3.99. The van der Waals surface area contributed by atoms with Gasteiger partial charge in [0.25, 0.3) is 11.8 Å². The highest BCUT2D eigenvalue weighted by molar-refractivity contribution is 6.31. The molecule has 0 radical (unpaired) electrons. The number of hydrogen-bond acceptors (Lipinski definition) is 20. The molecule has 7 rings (SSSR count). The van der Waals surface area contributed by atoms with Crippen LogP contribution >= 0.6 is 0 Å². The van der Waals surface area contributed by atoms with Gasteiger partial charge < -0.3 is 73.7 Å². The summed E-state index contributed by atoms with van der Waals surface area (Å²) in [7, 11) is 2.97. The summed E-state index contributed by atoms with van der Waals surface area (Å²) in [6.45, 7) is 8.30. The predicted octanol–water partition coefficient (Wildman–Crippen LogP) is 0.0359. The fraction of sp³-hybridized carbons (Fsp3) is 0.592. The molecule has 6 unspecified atom stereocenters. The number of imide groups is 1. The Balaban J connectivity index is 0.000000441. The van der Waals surface area contributed by atoms with E-state index in [4.69, 9.17) is 42.6 Å². The molecule has 3 fully saturated rings. The number of ether oxygens (including phenoxy) is 9.